The van der Waals surface area contributed by atoms with E-state index in [1.807, 2.05) is 0 Å². The van der Waals surface area contributed by atoms with Gasteiger partial charge in [0.25, 0.3) is 0 Å². The van der Waals surface area contributed by atoms with Crippen molar-refractivity contribution >= 4 is 46.1 Å². The number of hydrogen-bond acceptors (Lipinski definition) is 0. The molecule has 0 aromatic heterocycles. The Balaban J connectivity index is 0. The molecule has 0 saturated heterocycles. The van der Waals surface area contributed by atoms with E-state index in [2.05, 4.69) is 0 Å². The smallest absolute Gasteiger partial charge is 2.00 e. The predicted octanol–water partition coefficient (Wildman–Crippen LogP) is -2.20. The van der Waals surface area contributed by atoms with Gasteiger partial charge >= 0.3 is 80.2 Å². The number of hydrogen-bond donors (Lipinski definition) is 0. The number of rotatable bonds is 0. The molecule has 0 spiro atoms. The molecule has 46 valence electrons. The molecular formula is H4Fe2Mg2O3Zn2. The first-order chi connectivity index (χ1) is 0. The van der Waals surface area contributed by atoms with Gasteiger partial charge in [0.15, 0.2) is 0 Å². The second-order valence-electron chi connectivity index (χ2n) is 0. The van der Waals surface area contributed by atoms with Gasteiger partial charge in [0.05, 0.1) is 0 Å². The van der Waals surface area contributed by atoms with Gasteiger partial charge in [0.2, 0.25) is 0 Å². The molecule has 0 aromatic carbocycles. The van der Waals surface area contributed by atoms with Crippen molar-refractivity contribution in [1.29, 1.82) is 0 Å². The van der Waals surface area contributed by atoms with Crippen molar-refractivity contribution in [2.75, 3.05) is 0 Å². The van der Waals surface area contributed by atoms with Gasteiger partial charge in [-0.25, -0.2) is 0 Å². The van der Waals surface area contributed by atoms with Crippen molar-refractivity contribution < 1.29 is 89.5 Å². The molecule has 2 radical (unpaired) electrons. The Morgan fingerprint density at radius 2 is 0.444 bits per heavy atom. The largest absolute Gasteiger partial charge is 3.00 e. The van der Waals surface area contributed by atoms with Gasteiger partial charge in [-0.3, -0.25) is 0 Å². The monoisotopic (exact) mass is 340 g/mol. The summed E-state index contributed by atoms with van der Waals surface area (Å²) in [6.45, 7) is 0. The third-order valence-electron chi connectivity index (χ3n) is 0. The Labute approximate surface area is 133 Å². The van der Waals surface area contributed by atoms with Crippen LogP contribution in [0.15, 0.2) is 0 Å². The van der Waals surface area contributed by atoms with Crippen LogP contribution in [0.5, 0.6) is 0 Å². The van der Waals surface area contributed by atoms with Crippen LogP contribution in [0.2, 0.25) is 0 Å². The fourth-order valence-electron chi connectivity index (χ4n) is 0. The molecule has 0 rings (SSSR count). The third-order valence-corrected chi connectivity index (χ3v) is 0. The van der Waals surface area contributed by atoms with E-state index in [1.54, 1.807) is 0 Å². The van der Waals surface area contributed by atoms with Crippen LogP contribution >= 0.6 is 0 Å². The summed E-state index contributed by atoms with van der Waals surface area (Å²) in [5.41, 5.74) is 0. The van der Waals surface area contributed by atoms with Crippen molar-refractivity contribution in [1.82, 2.24) is 0 Å². The van der Waals surface area contributed by atoms with Crippen LogP contribution in [-0.2, 0) is 89.5 Å². The summed E-state index contributed by atoms with van der Waals surface area (Å²) < 4.78 is 0. The minimum Gasteiger partial charge on any atom is -2.00 e. The topological polar surface area (TPSA) is 85.5 Å². The molecule has 3 nitrogen and oxygen atoms in total. The minimum absolute atomic E-state index is 0. The molecule has 0 aliphatic heterocycles. The normalized spacial score (nSPS) is 0. The Hall–Kier alpha value is 3.70. The maximum atomic E-state index is 0. The quantitative estimate of drug-likeness (QED) is 0.447. The zero-order valence-corrected chi connectivity index (χ0v) is 11.5. The van der Waals surface area contributed by atoms with E-state index in [0.29, 0.717) is 0 Å². The molecule has 0 aliphatic carbocycles. The zero-order chi connectivity index (χ0) is 0. The van der Waals surface area contributed by atoms with E-state index in [0.717, 1.165) is 0 Å². The summed E-state index contributed by atoms with van der Waals surface area (Å²) in [6, 6.07) is 0. The van der Waals surface area contributed by atoms with Crippen molar-refractivity contribution in [3.63, 3.8) is 0 Å². The van der Waals surface area contributed by atoms with Gasteiger partial charge in [-0.2, -0.15) is 0 Å². The van der Waals surface area contributed by atoms with E-state index in [1.165, 1.54) is 0 Å². The Morgan fingerprint density at radius 1 is 0.444 bits per heavy atom. The molecule has 0 atom stereocenters. The summed E-state index contributed by atoms with van der Waals surface area (Å²) in [4.78, 5) is 0. The molecule has 0 aromatic rings. The summed E-state index contributed by atoms with van der Waals surface area (Å²) in [5, 5.41) is 0. The minimum atomic E-state index is 0. The van der Waals surface area contributed by atoms with Crippen molar-refractivity contribution in [3.8, 4) is 0 Å². The summed E-state index contributed by atoms with van der Waals surface area (Å²) in [5.74, 6) is 0. The molecule has 0 saturated carbocycles. The molecule has 0 amide bonds. The standard InChI is InChI=1S/2Fe.2Mg.3O.2Zn.4H/q2*+3;;;3*-2;;;;;;. The first kappa shape index (κ1) is 127. The SMILES string of the molecule is [Fe+3].[Fe+3].[MgH2].[MgH2].[O-2].[O-2].[O-2].[Zn].[Zn]. The molecular weight excluding hydrogens is 339 g/mol. The first-order valence-electron chi connectivity index (χ1n) is 0. The van der Waals surface area contributed by atoms with E-state index in [-0.39, 0.29) is 136 Å². The second-order valence-corrected chi connectivity index (χ2v) is 0. The Morgan fingerprint density at radius 3 is 0.444 bits per heavy atom. The average molecular weight is 343 g/mol. The van der Waals surface area contributed by atoms with Crippen LogP contribution in [0, 0.1) is 0 Å². The molecule has 9 heteroatoms. The van der Waals surface area contributed by atoms with Gasteiger partial charge in [-0.05, 0) is 0 Å². The van der Waals surface area contributed by atoms with Crippen LogP contribution in [0.25, 0.3) is 0 Å². The van der Waals surface area contributed by atoms with Gasteiger partial charge in [-0.1, -0.05) is 0 Å². The zero-order valence-electron chi connectivity index (χ0n) is 3.35. The fraction of sp³-hybridized carbons (Fsp3) is 0. The van der Waals surface area contributed by atoms with Crippen molar-refractivity contribution in [3.05, 3.63) is 0 Å². The fourth-order valence-corrected chi connectivity index (χ4v) is 0. The molecule has 9 heavy (non-hydrogen) atoms. The van der Waals surface area contributed by atoms with E-state index in [4.69, 9.17) is 0 Å². The van der Waals surface area contributed by atoms with Gasteiger partial charge < -0.3 is 16.4 Å². The van der Waals surface area contributed by atoms with Crippen molar-refractivity contribution in [2.45, 2.75) is 0 Å². The van der Waals surface area contributed by atoms with Gasteiger partial charge in [0, 0.05) is 39.0 Å². The molecule has 0 aliphatic rings. The van der Waals surface area contributed by atoms with Crippen LogP contribution < -0.4 is 0 Å². The summed E-state index contributed by atoms with van der Waals surface area (Å²) in [6.07, 6.45) is 0. The molecule has 0 fully saturated rings. The summed E-state index contributed by atoms with van der Waals surface area (Å²) >= 11 is 0. The molecule has 0 N–H and O–H groups in total. The van der Waals surface area contributed by atoms with Crippen LogP contribution in [0.3, 0.4) is 0 Å². The maximum absolute atomic E-state index is 0. The third kappa shape index (κ3) is 80.4. The Bertz CT molecular complexity index is 17.8. The summed E-state index contributed by atoms with van der Waals surface area (Å²) in [7, 11) is 0. The van der Waals surface area contributed by atoms with Crippen LogP contribution in [-0.4, -0.2) is 46.1 Å². The molecule has 0 unspecified atom stereocenters. The van der Waals surface area contributed by atoms with E-state index >= 15 is 0 Å². The van der Waals surface area contributed by atoms with Gasteiger partial charge in [0.1, 0.15) is 0 Å². The van der Waals surface area contributed by atoms with Crippen LogP contribution in [0.1, 0.15) is 0 Å². The maximum Gasteiger partial charge on any atom is 3.00 e. The Kier molecular flexibility index (Phi) is 1380. The average Bonchev–Trinajstić information content (AvgIpc) is 0. The predicted molar refractivity (Wildman–Crippen MR) is 19.1 cm³/mol. The van der Waals surface area contributed by atoms with Gasteiger partial charge in [-0.15, -0.1) is 0 Å². The second kappa shape index (κ2) is 97.9. The van der Waals surface area contributed by atoms with E-state index < -0.39 is 0 Å². The van der Waals surface area contributed by atoms with Crippen LogP contribution in [0.4, 0.5) is 0 Å². The first-order valence-corrected chi connectivity index (χ1v) is 0. The van der Waals surface area contributed by atoms with Crippen molar-refractivity contribution in [2.24, 2.45) is 0 Å². The molecule has 0 heterocycles. The molecule has 0 bridgehead atoms. The van der Waals surface area contributed by atoms with E-state index in [9.17, 15) is 0 Å².